The summed E-state index contributed by atoms with van der Waals surface area (Å²) in [5.41, 5.74) is 3.31. The van der Waals surface area contributed by atoms with E-state index in [0.29, 0.717) is 15.7 Å². The molecular formula is C6H5Cl3N2. The minimum atomic E-state index is 0.519. The Morgan fingerprint density at radius 2 is 1.91 bits per heavy atom. The van der Waals surface area contributed by atoms with Gasteiger partial charge in [0.15, 0.2) is 0 Å². The Morgan fingerprint density at radius 3 is 2.45 bits per heavy atom. The van der Waals surface area contributed by atoms with E-state index in [9.17, 15) is 0 Å². The van der Waals surface area contributed by atoms with Crippen molar-refractivity contribution in [1.82, 2.24) is 4.94 Å². The lowest BCUT2D eigenvalue weighted by molar-refractivity contribution is 1.20. The van der Waals surface area contributed by atoms with Gasteiger partial charge < -0.3 is 5.43 Å². The number of hydrogen-bond donors (Lipinski definition) is 2. The monoisotopic (exact) mass is 210 g/mol. The summed E-state index contributed by atoms with van der Waals surface area (Å²) in [6.07, 6.45) is 0. The van der Waals surface area contributed by atoms with E-state index in [0.717, 1.165) is 0 Å². The molecule has 0 heterocycles. The van der Waals surface area contributed by atoms with Crippen LogP contribution in [0.25, 0.3) is 0 Å². The van der Waals surface area contributed by atoms with Crippen molar-refractivity contribution < 1.29 is 0 Å². The number of hydrazine groups is 1. The van der Waals surface area contributed by atoms with Gasteiger partial charge in [0.1, 0.15) is 0 Å². The van der Waals surface area contributed by atoms with Crippen molar-refractivity contribution in [2.45, 2.75) is 0 Å². The summed E-state index contributed by atoms with van der Waals surface area (Å²) >= 11 is 16.6. The number of nitrogens with one attached hydrogen (secondary N) is 2. The standard InChI is InChI=1S/C6H5Cl3N2/c7-4-1-2-6(10-11-9)5(8)3-4/h1-3,10-11H. The van der Waals surface area contributed by atoms with Crippen molar-refractivity contribution in [2.24, 2.45) is 0 Å². The quantitative estimate of drug-likeness (QED) is 0.580. The Kier molecular flexibility index (Phi) is 3.27. The Morgan fingerprint density at radius 1 is 1.18 bits per heavy atom. The van der Waals surface area contributed by atoms with Gasteiger partial charge in [-0.2, -0.15) is 0 Å². The predicted molar refractivity (Wildman–Crippen MR) is 49.1 cm³/mol. The molecule has 1 rings (SSSR count). The van der Waals surface area contributed by atoms with Crippen LogP contribution in [-0.4, -0.2) is 0 Å². The highest BCUT2D eigenvalue weighted by Crippen LogP contribution is 2.24. The molecular weight excluding hydrogens is 206 g/mol. The summed E-state index contributed by atoms with van der Waals surface area (Å²) in [4.78, 5) is 2.24. The number of rotatable bonds is 2. The van der Waals surface area contributed by atoms with Crippen LogP contribution in [0.15, 0.2) is 18.2 Å². The molecule has 0 bridgehead atoms. The molecule has 2 N–H and O–H groups in total. The van der Waals surface area contributed by atoms with Gasteiger partial charge in [0.2, 0.25) is 0 Å². The number of anilines is 1. The second kappa shape index (κ2) is 4.02. The van der Waals surface area contributed by atoms with Crippen LogP contribution in [0.2, 0.25) is 10.0 Å². The fraction of sp³-hybridized carbons (Fsp3) is 0. The summed E-state index contributed by atoms with van der Waals surface area (Å²) < 4.78 is 0. The van der Waals surface area contributed by atoms with Gasteiger partial charge in [0.05, 0.1) is 10.7 Å². The van der Waals surface area contributed by atoms with Crippen molar-refractivity contribution in [3.8, 4) is 0 Å². The summed E-state index contributed by atoms with van der Waals surface area (Å²) in [6.45, 7) is 0. The van der Waals surface area contributed by atoms with Crippen molar-refractivity contribution in [2.75, 3.05) is 5.43 Å². The maximum atomic E-state index is 5.76. The molecule has 0 amide bonds. The molecule has 11 heavy (non-hydrogen) atoms. The summed E-state index contributed by atoms with van der Waals surface area (Å²) in [5.74, 6) is 0. The van der Waals surface area contributed by atoms with E-state index in [2.05, 4.69) is 10.4 Å². The van der Waals surface area contributed by atoms with Gasteiger partial charge in [0, 0.05) is 5.02 Å². The molecule has 0 aromatic heterocycles. The molecule has 1 aromatic rings. The Bertz CT molecular complexity index is 252. The second-order valence-electron chi connectivity index (χ2n) is 1.84. The smallest absolute Gasteiger partial charge is 0.0687 e. The zero-order valence-corrected chi connectivity index (χ0v) is 7.63. The Labute approximate surface area is 79.5 Å². The molecule has 0 spiro atoms. The topological polar surface area (TPSA) is 24.1 Å². The van der Waals surface area contributed by atoms with E-state index >= 15 is 0 Å². The van der Waals surface area contributed by atoms with E-state index in [1.165, 1.54) is 0 Å². The van der Waals surface area contributed by atoms with Crippen LogP contribution in [0.4, 0.5) is 5.69 Å². The Hall–Kier alpha value is -0.150. The minimum absolute atomic E-state index is 0.519. The normalized spacial score (nSPS) is 9.73. The SMILES string of the molecule is ClNNc1ccc(Cl)cc1Cl. The zero-order valence-electron chi connectivity index (χ0n) is 5.37. The van der Waals surface area contributed by atoms with Gasteiger partial charge in [0.25, 0.3) is 0 Å². The molecule has 0 fully saturated rings. The fourth-order valence-corrected chi connectivity index (χ4v) is 1.20. The van der Waals surface area contributed by atoms with Crippen LogP contribution >= 0.6 is 35.0 Å². The summed E-state index contributed by atoms with van der Waals surface area (Å²) in [5, 5.41) is 1.11. The minimum Gasteiger partial charge on any atom is -0.306 e. The second-order valence-corrected chi connectivity index (χ2v) is 2.88. The van der Waals surface area contributed by atoms with Crippen LogP contribution in [0, 0.1) is 0 Å². The lowest BCUT2D eigenvalue weighted by atomic mass is 10.3. The number of hydrogen-bond acceptors (Lipinski definition) is 2. The van der Waals surface area contributed by atoms with Crippen LogP contribution in [-0.2, 0) is 0 Å². The van der Waals surface area contributed by atoms with E-state index in [1.807, 2.05) is 0 Å². The van der Waals surface area contributed by atoms with Gasteiger partial charge in [-0.1, -0.05) is 23.2 Å². The van der Waals surface area contributed by atoms with Crippen LogP contribution in [0.1, 0.15) is 0 Å². The van der Waals surface area contributed by atoms with Gasteiger partial charge in [-0.05, 0) is 30.0 Å². The number of halogens is 3. The molecule has 0 aliphatic heterocycles. The predicted octanol–water partition coefficient (Wildman–Crippen LogP) is 3.06. The zero-order chi connectivity index (χ0) is 8.27. The highest BCUT2D eigenvalue weighted by molar-refractivity contribution is 6.36. The average molecular weight is 211 g/mol. The Balaban J connectivity index is 2.90. The van der Waals surface area contributed by atoms with Gasteiger partial charge >= 0.3 is 0 Å². The molecule has 0 atom stereocenters. The van der Waals surface area contributed by atoms with Crippen molar-refractivity contribution >= 4 is 40.7 Å². The molecule has 0 aliphatic rings. The lowest BCUT2D eigenvalue weighted by Gasteiger charge is -2.04. The third-order valence-corrected chi connectivity index (χ3v) is 1.76. The van der Waals surface area contributed by atoms with Crippen molar-refractivity contribution in [1.29, 1.82) is 0 Å². The van der Waals surface area contributed by atoms with E-state index in [1.54, 1.807) is 18.2 Å². The van der Waals surface area contributed by atoms with Gasteiger partial charge in [-0.15, -0.1) is 4.94 Å². The lowest BCUT2D eigenvalue weighted by Crippen LogP contribution is -2.08. The van der Waals surface area contributed by atoms with Crippen LogP contribution < -0.4 is 10.4 Å². The summed E-state index contributed by atoms with van der Waals surface area (Å²) in [7, 11) is 0. The molecule has 0 aliphatic carbocycles. The van der Waals surface area contributed by atoms with E-state index < -0.39 is 0 Å². The fourth-order valence-electron chi connectivity index (χ4n) is 0.642. The first-order chi connectivity index (χ1) is 5.24. The number of benzene rings is 1. The average Bonchev–Trinajstić information content (AvgIpc) is 1.95. The molecule has 5 heteroatoms. The first-order valence-electron chi connectivity index (χ1n) is 2.80. The molecule has 0 unspecified atom stereocenters. The van der Waals surface area contributed by atoms with E-state index in [4.69, 9.17) is 35.0 Å². The molecule has 0 radical (unpaired) electrons. The molecule has 0 saturated carbocycles. The third-order valence-electron chi connectivity index (χ3n) is 1.11. The van der Waals surface area contributed by atoms with Crippen LogP contribution in [0.5, 0.6) is 0 Å². The van der Waals surface area contributed by atoms with Crippen molar-refractivity contribution in [3.63, 3.8) is 0 Å². The van der Waals surface area contributed by atoms with Crippen molar-refractivity contribution in [3.05, 3.63) is 28.2 Å². The molecule has 60 valence electrons. The van der Waals surface area contributed by atoms with Gasteiger partial charge in [-0.3, -0.25) is 0 Å². The third kappa shape index (κ3) is 2.42. The maximum absolute atomic E-state index is 5.76. The molecule has 0 saturated heterocycles. The van der Waals surface area contributed by atoms with Crippen LogP contribution in [0.3, 0.4) is 0 Å². The summed E-state index contributed by atoms with van der Waals surface area (Å²) in [6, 6.07) is 5.06. The largest absolute Gasteiger partial charge is 0.306 e. The van der Waals surface area contributed by atoms with Gasteiger partial charge in [-0.25, -0.2) is 0 Å². The highest BCUT2D eigenvalue weighted by atomic mass is 35.5. The molecule has 2 nitrogen and oxygen atoms in total. The first kappa shape index (κ1) is 8.94. The molecule has 1 aromatic carbocycles. The maximum Gasteiger partial charge on any atom is 0.0687 e. The van der Waals surface area contributed by atoms with E-state index in [-0.39, 0.29) is 0 Å². The first-order valence-corrected chi connectivity index (χ1v) is 3.94. The highest BCUT2D eigenvalue weighted by Gasteiger charge is 1.98.